The van der Waals surface area contributed by atoms with E-state index in [2.05, 4.69) is 17.1 Å². The van der Waals surface area contributed by atoms with Crippen molar-refractivity contribution in [3.63, 3.8) is 0 Å². The van der Waals surface area contributed by atoms with E-state index in [9.17, 15) is 0 Å². The smallest absolute Gasteiger partial charge is 0.155 e. The minimum Gasteiger partial charge on any atom is -0.155 e. The fourth-order valence-corrected chi connectivity index (χ4v) is 2.84. The van der Waals surface area contributed by atoms with Gasteiger partial charge >= 0.3 is 0 Å². The second-order valence-electron chi connectivity index (χ2n) is 2.71. The third-order valence-electron chi connectivity index (χ3n) is 1.56. The van der Waals surface area contributed by atoms with E-state index in [4.69, 9.17) is 11.6 Å². The molecule has 0 N–H and O–H groups in total. The van der Waals surface area contributed by atoms with Gasteiger partial charge in [0.1, 0.15) is 5.01 Å². The van der Waals surface area contributed by atoms with E-state index in [1.807, 2.05) is 11.8 Å². The zero-order valence-corrected chi connectivity index (χ0v) is 10.0. The summed E-state index contributed by atoms with van der Waals surface area (Å²) in [5.41, 5.74) is 0. The summed E-state index contributed by atoms with van der Waals surface area (Å²) in [5.74, 6) is 2.17. The number of unbranched alkanes of at least 4 members (excludes halogenated alkanes) is 2. The normalized spacial score (nSPS) is 10.6. The fourth-order valence-electron chi connectivity index (χ4n) is 0.905. The highest BCUT2D eigenvalue weighted by Crippen LogP contribution is 2.20. The molecule has 0 amide bonds. The highest BCUT2D eigenvalue weighted by Gasteiger charge is 2.00. The lowest BCUT2D eigenvalue weighted by Gasteiger charge is -1.96. The monoisotopic (exact) mass is 236 g/mol. The summed E-state index contributed by atoms with van der Waals surface area (Å²) >= 11 is 9.04. The third kappa shape index (κ3) is 4.84. The Morgan fingerprint density at radius 2 is 2.23 bits per heavy atom. The van der Waals surface area contributed by atoms with Gasteiger partial charge in [0.2, 0.25) is 4.47 Å². The van der Waals surface area contributed by atoms with E-state index in [0.717, 1.165) is 10.8 Å². The average molecular weight is 237 g/mol. The van der Waals surface area contributed by atoms with Crippen LogP contribution in [-0.2, 0) is 5.75 Å². The molecular weight excluding hydrogens is 224 g/mol. The van der Waals surface area contributed by atoms with E-state index < -0.39 is 0 Å². The van der Waals surface area contributed by atoms with Gasteiger partial charge in [-0.25, -0.2) is 0 Å². The van der Waals surface area contributed by atoms with Gasteiger partial charge in [-0.15, -0.1) is 10.2 Å². The van der Waals surface area contributed by atoms with Crippen molar-refractivity contribution in [1.29, 1.82) is 0 Å². The highest BCUT2D eigenvalue weighted by atomic mass is 35.5. The summed E-state index contributed by atoms with van der Waals surface area (Å²) in [4.78, 5) is 0. The molecule has 0 saturated heterocycles. The predicted octanol–water partition coefficient (Wildman–Crippen LogP) is 3.61. The van der Waals surface area contributed by atoms with Gasteiger partial charge in [-0.1, -0.05) is 31.1 Å². The second-order valence-corrected chi connectivity index (χ2v) is 5.46. The lowest BCUT2D eigenvalue weighted by Crippen LogP contribution is -1.83. The van der Waals surface area contributed by atoms with Crippen molar-refractivity contribution in [2.75, 3.05) is 5.75 Å². The largest absolute Gasteiger partial charge is 0.207 e. The summed E-state index contributed by atoms with van der Waals surface area (Å²) < 4.78 is 0.546. The van der Waals surface area contributed by atoms with Crippen LogP contribution in [0.2, 0.25) is 4.47 Å². The van der Waals surface area contributed by atoms with Crippen LogP contribution in [0.3, 0.4) is 0 Å². The van der Waals surface area contributed by atoms with Crippen molar-refractivity contribution in [3.05, 3.63) is 9.47 Å². The SMILES string of the molecule is CCCCCSCc1nnc(Cl)s1. The maximum Gasteiger partial charge on any atom is 0.207 e. The van der Waals surface area contributed by atoms with Gasteiger partial charge in [-0.05, 0) is 23.8 Å². The molecule has 13 heavy (non-hydrogen) atoms. The minimum absolute atomic E-state index is 0.546. The van der Waals surface area contributed by atoms with Crippen molar-refractivity contribution < 1.29 is 0 Å². The van der Waals surface area contributed by atoms with Crippen LogP contribution in [0.15, 0.2) is 0 Å². The molecule has 1 heterocycles. The number of halogens is 1. The summed E-state index contributed by atoms with van der Waals surface area (Å²) in [6.07, 6.45) is 3.91. The van der Waals surface area contributed by atoms with Crippen molar-refractivity contribution in [2.45, 2.75) is 31.9 Å². The van der Waals surface area contributed by atoms with Crippen molar-refractivity contribution in [1.82, 2.24) is 10.2 Å². The Kier molecular flexibility index (Phi) is 5.75. The number of hydrogen-bond donors (Lipinski definition) is 0. The molecule has 0 spiro atoms. The molecule has 1 aromatic rings. The quantitative estimate of drug-likeness (QED) is 0.706. The van der Waals surface area contributed by atoms with Gasteiger partial charge in [0.05, 0.1) is 0 Å². The number of hydrogen-bond acceptors (Lipinski definition) is 4. The standard InChI is InChI=1S/C8H13ClN2S2/c1-2-3-4-5-12-6-7-10-11-8(9)13-7/h2-6H2,1H3. The summed E-state index contributed by atoms with van der Waals surface area (Å²) in [5, 5.41) is 8.74. The lowest BCUT2D eigenvalue weighted by atomic mass is 10.3. The predicted molar refractivity (Wildman–Crippen MR) is 60.6 cm³/mol. The first-order chi connectivity index (χ1) is 6.33. The first-order valence-corrected chi connectivity index (χ1v) is 6.73. The molecule has 0 saturated carbocycles. The number of rotatable bonds is 6. The molecule has 0 radical (unpaired) electrons. The summed E-state index contributed by atoms with van der Waals surface area (Å²) in [6.45, 7) is 2.22. The van der Waals surface area contributed by atoms with E-state index in [1.165, 1.54) is 36.4 Å². The van der Waals surface area contributed by atoms with Gasteiger partial charge < -0.3 is 0 Å². The maximum atomic E-state index is 5.66. The molecule has 0 atom stereocenters. The fraction of sp³-hybridized carbons (Fsp3) is 0.750. The minimum atomic E-state index is 0.546. The molecule has 0 unspecified atom stereocenters. The maximum absolute atomic E-state index is 5.66. The molecule has 0 aliphatic rings. The van der Waals surface area contributed by atoms with Crippen LogP contribution < -0.4 is 0 Å². The molecule has 0 bridgehead atoms. The van der Waals surface area contributed by atoms with Gasteiger partial charge in [-0.2, -0.15) is 11.8 Å². The number of nitrogens with zero attached hydrogens (tertiary/aromatic N) is 2. The topological polar surface area (TPSA) is 25.8 Å². The molecule has 1 aromatic heterocycles. The van der Waals surface area contributed by atoms with Crippen molar-refractivity contribution >= 4 is 34.7 Å². The molecule has 0 aliphatic heterocycles. The Morgan fingerprint density at radius 1 is 1.38 bits per heavy atom. The summed E-state index contributed by atoms with van der Waals surface area (Å²) in [7, 11) is 0. The Bertz CT molecular complexity index is 240. The third-order valence-corrected chi connectivity index (χ3v) is 3.82. The molecule has 0 aliphatic carbocycles. The van der Waals surface area contributed by atoms with Crippen LogP contribution >= 0.6 is 34.7 Å². The van der Waals surface area contributed by atoms with Gasteiger partial charge in [0, 0.05) is 5.75 Å². The highest BCUT2D eigenvalue weighted by molar-refractivity contribution is 7.98. The first-order valence-electron chi connectivity index (χ1n) is 4.38. The summed E-state index contributed by atoms with van der Waals surface area (Å²) in [6, 6.07) is 0. The van der Waals surface area contributed by atoms with Crippen molar-refractivity contribution in [2.24, 2.45) is 0 Å². The van der Waals surface area contributed by atoms with E-state index in [-0.39, 0.29) is 0 Å². The Balaban J connectivity index is 2.06. The first kappa shape index (κ1) is 11.3. The average Bonchev–Trinajstić information content (AvgIpc) is 2.51. The molecule has 1 rings (SSSR count). The van der Waals surface area contributed by atoms with E-state index in [0.29, 0.717) is 4.47 Å². The molecular formula is C8H13ClN2S2. The molecule has 5 heteroatoms. The van der Waals surface area contributed by atoms with E-state index in [1.54, 1.807) is 0 Å². The molecule has 0 fully saturated rings. The Morgan fingerprint density at radius 3 is 2.85 bits per heavy atom. The van der Waals surface area contributed by atoms with Crippen LogP contribution in [0.25, 0.3) is 0 Å². The zero-order valence-electron chi connectivity index (χ0n) is 7.62. The van der Waals surface area contributed by atoms with Crippen LogP contribution in [-0.4, -0.2) is 16.0 Å². The molecule has 74 valence electrons. The zero-order chi connectivity index (χ0) is 9.52. The number of aromatic nitrogens is 2. The number of thioether (sulfide) groups is 1. The van der Waals surface area contributed by atoms with Crippen LogP contribution in [0, 0.1) is 0 Å². The second kappa shape index (κ2) is 6.62. The Labute approximate surface area is 92.1 Å². The Hall–Kier alpha value is 0.200. The van der Waals surface area contributed by atoms with Crippen LogP contribution in [0.4, 0.5) is 0 Å². The van der Waals surface area contributed by atoms with Crippen molar-refractivity contribution in [3.8, 4) is 0 Å². The van der Waals surface area contributed by atoms with Gasteiger partial charge in [-0.3, -0.25) is 0 Å². The van der Waals surface area contributed by atoms with Crippen LogP contribution in [0.1, 0.15) is 31.2 Å². The van der Waals surface area contributed by atoms with Gasteiger partial charge in [0.15, 0.2) is 0 Å². The van der Waals surface area contributed by atoms with Gasteiger partial charge in [0.25, 0.3) is 0 Å². The van der Waals surface area contributed by atoms with E-state index >= 15 is 0 Å². The lowest BCUT2D eigenvalue weighted by molar-refractivity contribution is 0.778. The molecule has 0 aromatic carbocycles. The molecule has 2 nitrogen and oxygen atoms in total. The van der Waals surface area contributed by atoms with Crippen LogP contribution in [0.5, 0.6) is 0 Å².